The number of nitrogens with one attached hydrogen (secondary N) is 1. The Bertz CT molecular complexity index is 521. The number of hydrogen-bond acceptors (Lipinski definition) is 3. The minimum atomic E-state index is -0.430. The average molecular weight is 274 g/mol. The molecule has 20 heavy (non-hydrogen) atoms. The van der Waals surface area contributed by atoms with Crippen molar-refractivity contribution in [3.63, 3.8) is 0 Å². The largest absolute Gasteiger partial charge is 0.444 e. The van der Waals surface area contributed by atoms with Crippen LogP contribution in [0, 0.1) is 5.92 Å². The summed E-state index contributed by atoms with van der Waals surface area (Å²) < 4.78 is 5.48. The first-order chi connectivity index (χ1) is 9.44. The van der Waals surface area contributed by atoms with Crippen molar-refractivity contribution in [2.75, 3.05) is 25.0 Å². The van der Waals surface area contributed by atoms with Crippen LogP contribution in [0.2, 0.25) is 0 Å². The van der Waals surface area contributed by atoms with E-state index in [0.29, 0.717) is 11.8 Å². The van der Waals surface area contributed by atoms with Crippen molar-refractivity contribution in [1.82, 2.24) is 4.90 Å². The molecule has 0 unspecified atom stereocenters. The van der Waals surface area contributed by atoms with Crippen LogP contribution in [0.15, 0.2) is 24.3 Å². The second-order valence-corrected chi connectivity index (χ2v) is 6.72. The SMILES string of the molecule is CC(C)(C)OC(=O)N1C[C@@H]2CNc3ccccc3[C@@H]2C1. The summed E-state index contributed by atoms with van der Waals surface area (Å²) in [6, 6.07) is 8.39. The van der Waals surface area contributed by atoms with Crippen LogP contribution in [0.4, 0.5) is 10.5 Å². The topological polar surface area (TPSA) is 41.6 Å². The Balaban J connectivity index is 1.75. The Morgan fingerprint density at radius 1 is 1.30 bits per heavy atom. The van der Waals surface area contributed by atoms with Gasteiger partial charge in [-0.05, 0) is 32.4 Å². The fourth-order valence-electron chi connectivity index (χ4n) is 3.13. The van der Waals surface area contributed by atoms with E-state index in [4.69, 9.17) is 4.74 Å². The van der Waals surface area contributed by atoms with E-state index in [1.165, 1.54) is 11.3 Å². The zero-order valence-electron chi connectivity index (χ0n) is 12.3. The van der Waals surface area contributed by atoms with Gasteiger partial charge < -0.3 is 15.0 Å². The molecule has 0 spiro atoms. The normalized spacial score (nSPS) is 24.6. The molecule has 0 bridgehead atoms. The summed E-state index contributed by atoms with van der Waals surface area (Å²) in [5.74, 6) is 0.914. The van der Waals surface area contributed by atoms with Gasteiger partial charge in [-0.15, -0.1) is 0 Å². The van der Waals surface area contributed by atoms with E-state index < -0.39 is 5.60 Å². The van der Waals surface area contributed by atoms with Gasteiger partial charge in [0.05, 0.1) is 0 Å². The van der Waals surface area contributed by atoms with Crippen molar-refractivity contribution in [1.29, 1.82) is 0 Å². The van der Waals surface area contributed by atoms with Crippen LogP contribution < -0.4 is 5.32 Å². The number of nitrogens with zero attached hydrogens (tertiary/aromatic N) is 1. The first kappa shape index (κ1) is 13.3. The second-order valence-electron chi connectivity index (χ2n) is 6.72. The van der Waals surface area contributed by atoms with Crippen LogP contribution in [0.5, 0.6) is 0 Å². The molecule has 3 rings (SSSR count). The summed E-state index contributed by atoms with van der Waals surface area (Å²) in [5.41, 5.74) is 2.11. The van der Waals surface area contributed by atoms with Crippen LogP contribution in [0.1, 0.15) is 32.3 Å². The molecule has 2 heterocycles. The Hall–Kier alpha value is -1.71. The summed E-state index contributed by atoms with van der Waals surface area (Å²) in [6.07, 6.45) is -0.190. The van der Waals surface area contributed by atoms with E-state index >= 15 is 0 Å². The van der Waals surface area contributed by atoms with Crippen molar-refractivity contribution in [3.05, 3.63) is 29.8 Å². The molecular formula is C16H22N2O2. The maximum Gasteiger partial charge on any atom is 0.410 e. The van der Waals surface area contributed by atoms with Gasteiger partial charge in [-0.2, -0.15) is 0 Å². The zero-order chi connectivity index (χ0) is 14.3. The summed E-state index contributed by atoms with van der Waals surface area (Å²) in [4.78, 5) is 14.1. The lowest BCUT2D eigenvalue weighted by Gasteiger charge is -2.28. The summed E-state index contributed by atoms with van der Waals surface area (Å²) in [5, 5.41) is 3.46. The van der Waals surface area contributed by atoms with Gasteiger partial charge in [0, 0.05) is 37.2 Å². The number of amides is 1. The summed E-state index contributed by atoms with van der Waals surface area (Å²) in [6.45, 7) is 8.20. The van der Waals surface area contributed by atoms with Gasteiger partial charge in [-0.25, -0.2) is 4.79 Å². The number of anilines is 1. The summed E-state index contributed by atoms with van der Waals surface area (Å²) in [7, 11) is 0. The molecule has 0 radical (unpaired) electrons. The fraction of sp³-hybridized carbons (Fsp3) is 0.562. The predicted molar refractivity (Wildman–Crippen MR) is 79.0 cm³/mol. The molecule has 2 aliphatic rings. The number of carbonyl (C=O) groups is 1. The Kier molecular flexibility index (Phi) is 3.11. The highest BCUT2D eigenvalue weighted by atomic mass is 16.6. The zero-order valence-corrected chi connectivity index (χ0v) is 12.3. The third-order valence-electron chi connectivity index (χ3n) is 4.01. The molecule has 108 valence electrons. The molecule has 2 atom stereocenters. The molecule has 1 aromatic rings. The molecular weight excluding hydrogens is 252 g/mol. The van der Waals surface area contributed by atoms with Gasteiger partial charge in [0.15, 0.2) is 0 Å². The van der Waals surface area contributed by atoms with Crippen LogP contribution in [-0.4, -0.2) is 36.2 Å². The van der Waals surface area contributed by atoms with Crippen molar-refractivity contribution in [2.45, 2.75) is 32.3 Å². The maximum absolute atomic E-state index is 12.2. The molecule has 0 saturated carbocycles. The average Bonchev–Trinajstić information content (AvgIpc) is 2.81. The lowest BCUT2D eigenvalue weighted by atomic mass is 9.85. The molecule has 0 aliphatic carbocycles. The van der Waals surface area contributed by atoms with E-state index in [1.807, 2.05) is 31.7 Å². The van der Waals surface area contributed by atoms with Gasteiger partial charge >= 0.3 is 6.09 Å². The highest BCUT2D eigenvalue weighted by Crippen LogP contribution is 2.40. The smallest absolute Gasteiger partial charge is 0.410 e. The standard InChI is InChI=1S/C16H22N2O2/c1-16(2,3)20-15(19)18-9-11-8-17-14-7-5-4-6-12(14)13(11)10-18/h4-7,11,13,17H,8-10H2,1-3H3/t11-,13+/m0/s1. The minimum absolute atomic E-state index is 0.190. The number of fused-ring (bicyclic) bond motifs is 3. The van der Waals surface area contributed by atoms with Crippen LogP contribution in [-0.2, 0) is 4.74 Å². The number of ether oxygens (including phenoxy) is 1. The number of likely N-dealkylation sites (tertiary alicyclic amines) is 1. The van der Waals surface area contributed by atoms with Crippen LogP contribution in [0.25, 0.3) is 0 Å². The monoisotopic (exact) mass is 274 g/mol. The lowest BCUT2D eigenvalue weighted by molar-refractivity contribution is 0.0287. The van der Waals surface area contributed by atoms with Crippen LogP contribution in [0.3, 0.4) is 0 Å². The van der Waals surface area contributed by atoms with Crippen molar-refractivity contribution >= 4 is 11.8 Å². The van der Waals surface area contributed by atoms with Crippen molar-refractivity contribution in [2.24, 2.45) is 5.92 Å². The van der Waals surface area contributed by atoms with Gasteiger partial charge in [0.2, 0.25) is 0 Å². The highest BCUT2D eigenvalue weighted by molar-refractivity contribution is 5.69. The van der Waals surface area contributed by atoms with Crippen molar-refractivity contribution < 1.29 is 9.53 Å². The predicted octanol–water partition coefficient (Wildman–Crippen LogP) is 3.06. The van der Waals surface area contributed by atoms with E-state index in [9.17, 15) is 4.79 Å². The fourth-order valence-corrected chi connectivity index (χ4v) is 3.13. The lowest BCUT2D eigenvalue weighted by Crippen LogP contribution is -2.35. The van der Waals surface area contributed by atoms with E-state index in [-0.39, 0.29) is 6.09 Å². The highest BCUT2D eigenvalue weighted by Gasteiger charge is 2.40. The quantitative estimate of drug-likeness (QED) is 0.790. The van der Waals surface area contributed by atoms with E-state index in [1.54, 1.807) is 0 Å². The molecule has 2 aliphatic heterocycles. The van der Waals surface area contributed by atoms with Gasteiger partial charge in [-0.3, -0.25) is 0 Å². The van der Waals surface area contributed by atoms with Crippen molar-refractivity contribution in [3.8, 4) is 0 Å². The molecule has 1 saturated heterocycles. The maximum atomic E-state index is 12.2. The van der Waals surface area contributed by atoms with E-state index in [2.05, 4.69) is 23.5 Å². The number of rotatable bonds is 0. The molecule has 1 amide bonds. The van der Waals surface area contributed by atoms with Gasteiger partial charge in [-0.1, -0.05) is 18.2 Å². The Labute approximate surface area is 120 Å². The molecule has 4 heteroatoms. The number of benzene rings is 1. The Morgan fingerprint density at radius 3 is 2.80 bits per heavy atom. The van der Waals surface area contributed by atoms with Gasteiger partial charge in [0.25, 0.3) is 0 Å². The molecule has 1 N–H and O–H groups in total. The number of para-hydroxylation sites is 1. The molecule has 0 aromatic heterocycles. The van der Waals surface area contributed by atoms with Crippen LogP contribution >= 0.6 is 0 Å². The van der Waals surface area contributed by atoms with E-state index in [0.717, 1.165) is 19.6 Å². The third kappa shape index (κ3) is 2.47. The molecule has 1 fully saturated rings. The first-order valence-electron chi connectivity index (χ1n) is 7.25. The summed E-state index contributed by atoms with van der Waals surface area (Å²) >= 11 is 0. The second kappa shape index (κ2) is 4.69. The molecule has 1 aromatic carbocycles. The minimum Gasteiger partial charge on any atom is -0.444 e. The number of carbonyl (C=O) groups excluding carboxylic acids is 1. The number of hydrogen-bond donors (Lipinski definition) is 1. The first-order valence-corrected chi connectivity index (χ1v) is 7.25. The third-order valence-corrected chi connectivity index (χ3v) is 4.01. The Morgan fingerprint density at radius 2 is 2.05 bits per heavy atom. The van der Waals surface area contributed by atoms with Gasteiger partial charge in [0.1, 0.15) is 5.60 Å². The molecule has 4 nitrogen and oxygen atoms in total.